The fraction of sp³-hybridized carbons (Fsp3) is 0.105. The predicted octanol–water partition coefficient (Wildman–Crippen LogP) is 4.82. The molecule has 0 amide bonds. The fourth-order valence-electron chi connectivity index (χ4n) is 3.04. The van der Waals surface area contributed by atoms with Crippen LogP contribution >= 0.6 is 0 Å². The Bertz CT molecular complexity index is 1190. The number of hydrogen-bond donors (Lipinski definition) is 2. The van der Waals surface area contributed by atoms with Gasteiger partial charge in [-0.3, -0.25) is 0 Å². The van der Waals surface area contributed by atoms with Crippen molar-refractivity contribution in [2.75, 3.05) is 0 Å². The molecule has 0 aliphatic carbocycles. The highest BCUT2D eigenvalue weighted by Gasteiger charge is 2.31. The van der Waals surface area contributed by atoms with Crippen molar-refractivity contribution >= 4 is 11.0 Å². The molecule has 0 saturated carbocycles. The fourth-order valence-corrected chi connectivity index (χ4v) is 3.04. The second kappa shape index (κ2) is 5.99. The van der Waals surface area contributed by atoms with Crippen molar-refractivity contribution in [2.45, 2.75) is 13.1 Å². The average Bonchev–Trinajstić information content (AvgIpc) is 3.27. The van der Waals surface area contributed by atoms with Gasteiger partial charge in [0.2, 0.25) is 0 Å². The van der Waals surface area contributed by atoms with E-state index in [0.29, 0.717) is 33.9 Å². The van der Waals surface area contributed by atoms with E-state index in [1.807, 2.05) is 6.07 Å². The highest BCUT2D eigenvalue weighted by molar-refractivity contribution is 5.91. The Morgan fingerprint density at radius 3 is 2.67 bits per heavy atom. The molecule has 3 heterocycles. The Hall–Kier alpha value is -3.60. The third-order valence-electron chi connectivity index (χ3n) is 4.38. The lowest BCUT2D eigenvalue weighted by molar-refractivity contribution is -0.137. The minimum absolute atomic E-state index is 0.245. The normalized spacial score (nSPS) is 11.7. The zero-order valence-electron chi connectivity index (χ0n) is 14.0. The SMILES string of the molecule is Cc1ccc(C(F)(F)F)cc1-c1[nH]c(-c2ncnc3[nH]ccc23)cc1C#N. The van der Waals surface area contributed by atoms with E-state index in [-0.39, 0.29) is 5.56 Å². The van der Waals surface area contributed by atoms with Gasteiger partial charge in [0.1, 0.15) is 18.0 Å². The van der Waals surface area contributed by atoms with Crippen molar-refractivity contribution in [3.8, 4) is 28.7 Å². The van der Waals surface area contributed by atoms with Crippen LogP contribution in [0.1, 0.15) is 16.7 Å². The maximum absolute atomic E-state index is 13.1. The minimum atomic E-state index is -4.46. The molecule has 1 aromatic carbocycles. The number of fused-ring (bicyclic) bond motifs is 1. The molecule has 0 atom stereocenters. The predicted molar refractivity (Wildman–Crippen MR) is 93.6 cm³/mol. The van der Waals surface area contributed by atoms with Gasteiger partial charge in [0.15, 0.2) is 0 Å². The van der Waals surface area contributed by atoms with Crippen LogP contribution in [0.15, 0.2) is 42.9 Å². The number of aromatic nitrogens is 4. The first-order chi connectivity index (χ1) is 12.9. The van der Waals surface area contributed by atoms with Gasteiger partial charge in [0, 0.05) is 17.1 Å². The van der Waals surface area contributed by atoms with Crippen LogP contribution in [0.5, 0.6) is 0 Å². The number of nitrogens with one attached hydrogen (secondary N) is 2. The van der Waals surface area contributed by atoms with Crippen molar-refractivity contribution < 1.29 is 13.2 Å². The lowest BCUT2D eigenvalue weighted by atomic mass is 10.00. The Morgan fingerprint density at radius 2 is 1.93 bits per heavy atom. The molecule has 0 aliphatic heterocycles. The van der Waals surface area contributed by atoms with E-state index in [9.17, 15) is 18.4 Å². The van der Waals surface area contributed by atoms with Crippen LogP contribution in [0.25, 0.3) is 33.7 Å². The molecule has 0 fully saturated rings. The summed E-state index contributed by atoms with van der Waals surface area (Å²) in [6, 6.07) is 8.91. The molecule has 0 saturated heterocycles. The second-order valence-corrected chi connectivity index (χ2v) is 6.07. The maximum Gasteiger partial charge on any atom is 0.416 e. The number of nitriles is 1. The number of H-pyrrole nitrogens is 2. The van der Waals surface area contributed by atoms with Crippen molar-refractivity contribution in [2.24, 2.45) is 0 Å². The maximum atomic E-state index is 13.1. The summed E-state index contributed by atoms with van der Waals surface area (Å²) in [5.74, 6) is 0. The van der Waals surface area contributed by atoms with Crippen LogP contribution in [-0.2, 0) is 6.18 Å². The lowest BCUT2D eigenvalue weighted by Crippen LogP contribution is -2.05. The molecule has 0 bridgehead atoms. The first-order valence-electron chi connectivity index (χ1n) is 7.98. The van der Waals surface area contributed by atoms with Crippen LogP contribution in [0.4, 0.5) is 13.2 Å². The quantitative estimate of drug-likeness (QED) is 0.533. The molecule has 0 aliphatic rings. The number of nitrogens with zero attached hydrogens (tertiary/aromatic N) is 3. The van der Waals surface area contributed by atoms with Crippen molar-refractivity contribution in [3.63, 3.8) is 0 Å². The van der Waals surface area contributed by atoms with E-state index in [4.69, 9.17) is 0 Å². The molecule has 2 N–H and O–H groups in total. The molecule has 4 aromatic rings. The zero-order valence-corrected chi connectivity index (χ0v) is 14.0. The zero-order chi connectivity index (χ0) is 19.2. The summed E-state index contributed by atoms with van der Waals surface area (Å²) in [4.78, 5) is 14.4. The largest absolute Gasteiger partial charge is 0.416 e. The number of hydrogen-bond acceptors (Lipinski definition) is 3. The van der Waals surface area contributed by atoms with Gasteiger partial charge in [-0.05, 0) is 36.8 Å². The number of aryl methyl sites for hydroxylation is 1. The topological polar surface area (TPSA) is 81.2 Å². The molecule has 0 spiro atoms. The van der Waals surface area contributed by atoms with Gasteiger partial charge in [0.05, 0.1) is 28.2 Å². The minimum Gasteiger partial charge on any atom is -0.352 e. The van der Waals surface area contributed by atoms with E-state index >= 15 is 0 Å². The van der Waals surface area contributed by atoms with Gasteiger partial charge in [-0.1, -0.05) is 6.07 Å². The van der Waals surface area contributed by atoms with E-state index in [0.717, 1.165) is 17.5 Å². The summed E-state index contributed by atoms with van der Waals surface area (Å²) < 4.78 is 39.3. The van der Waals surface area contributed by atoms with E-state index in [2.05, 4.69) is 19.9 Å². The molecule has 3 aromatic heterocycles. The Morgan fingerprint density at radius 1 is 1.11 bits per heavy atom. The van der Waals surface area contributed by atoms with Gasteiger partial charge < -0.3 is 9.97 Å². The summed E-state index contributed by atoms with van der Waals surface area (Å²) in [5.41, 5.74) is 2.49. The highest BCUT2D eigenvalue weighted by Crippen LogP contribution is 2.36. The van der Waals surface area contributed by atoms with Gasteiger partial charge in [-0.15, -0.1) is 0 Å². The standard InChI is InChI=1S/C19H12F3N5/c1-10-2-3-12(19(20,21)22)7-14(10)16-11(8-23)6-15(27-16)17-13-4-5-24-18(13)26-9-25-17/h2-7,9,27H,1H3,(H,24,25,26). The summed E-state index contributed by atoms with van der Waals surface area (Å²) in [6.07, 6.45) is -1.36. The molecule has 5 nitrogen and oxygen atoms in total. The van der Waals surface area contributed by atoms with Crippen molar-refractivity contribution in [1.82, 2.24) is 19.9 Å². The number of halogens is 3. The van der Waals surface area contributed by atoms with E-state index in [1.54, 1.807) is 25.3 Å². The number of benzene rings is 1. The van der Waals surface area contributed by atoms with Crippen LogP contribution in [0.3, 0.4) is 0 Å². The summed E-state index contributed by atoms with van der Waals surface area (Å²) >= 11 is 0. The molecule has 134 valence electrons. The van der Waals surface area contributed by atoms with Crippen LogP contribution < -0.4 is 0 Å². The molecular weight excluding hydrogens is 355 g/mol. The van der Waals surface area contributed by atoms with Gasteiger partial charge in [-0.25, -0.2) is 9.97 Å². The molecule has 27 heavy (non-hydrogen) atoms. The summed E-state index contributed by atoms with van der Waals surface area (Å²) in [5, 5.41) is 10.2. The smallest absolute Gasteiger partial charge is 0.352 e. The van der Waals surface area contributed by atoms with Gasteiger partial charge in [-0.2, -0.15) is 18.4 Å². The highest BCUT2D eigenvalue weighted by atomic mass is 19.4. The Balaban J connectivity index is 1.92. The van der Waals surface area contributed by atoms with E-state index < -0.39 is 11.7 Å². The summed E-state index contributed by atoms with van der Waals surface area (Å²) in [7, 11) is 0. The number of rotatable bonds is 2. The third kappa shape index (κ3) is 2.83. The lowest BCUT2D eigenvalue weighted by Gasteiger charge is -2.11. The van der Waals surface area contributed by atoms with Crippen LogP contribution in [-0.4, -0.2) is 19.9 Å². The van der Waals surface area contributed by atoms with Crippen molar-refractivity contribution in [3.05, 3.63) is 59.5 Å². The molecule has 0 radical (unpaired) electrons. The van der Waals surface area contributed by atoms with E-state index in [1.165, 1.54) is 12.4 Å². The van der Waals surface area contributed by atoms with Crippen LogP contribution in [0.2, 0.25) is 0 Å². The Kier molecular flexibility index (Phi) is 3.73. The van der Waals surface area contributed by atoms with Gasteiger partial charge in [0.25, 0.3) is 0 Å². The molecule has 8 heteroatoms. The second-order valence-electron chi connectivity index (χ2n) is 6.07. The molecule has 4 rings (SSSR count). The first kappa shape index (κ1) is 16.8. The molecular formula is C19H12F3N5. The number of alkyl halides is 3. The average molecular weight is 367 g/mol. The summed E-state index contributed by atoms with van der Waals surface area (Å²) in [6.45, 7) is 1.70. The Labute approximate surface area is 151 Å². The van der Waals surface area contributed by atoms with Gasteiger partial charge >= 0.3 is 6.18 Å². The number of aromatic amines is 2. The monoisotopic (exact) mass is 367 g/mol. The van der Waals surface area contributed by atoms with Crippen molar-refractivity contribution in [1.29, 1.82) is 5.26 Å². The van der Waals surface area contributed by atoms with Crippen LogP contribution in [0, 0.1) is 18.3 Å². The third-order valence-corrected chi connectivity index (χ3v) is 4.38. The first-order valence-corrected chi connectivity index (χ1v) is 7.98. The molecule has 0 unspecified atom stereocenters.